The first-order valence-corrected chi connectivity index (χ1v) is 11.8. The Bertz CT molecular complexity index is 1280. The summed E-state index contributed by atoms with van der Waals surface area (Å²) < 4.78 is 30.3. The largest absolute Gasteiger partial charge is 0.367 e. The molecule has 8 heteroatoms. The number of hydrogen-bond donors (Lipinski definition) is 1. The molecule has 34 heavy (non-hydrogen) atoms. The number of anilines is 1. The summed E-state index contributed by atoms with van der Waals surface area (Å²) in [5, 5.41) is 2.95. The maximum atomic E-state index is 15.2. The van der Waals surface area contributed by atoms with E-state index in [4.69, 9.17) is 0 Å². The number of fused-ring (bicyclic) bond motifs is 1. The first kappa shape index (κ1) is 22.5. The van der Waals surface area contributed by atoms with Crippen molar-refractivity contribution in [3.63, 3.8) is 0 Å². The first-order valence-electron chi connectivity index (χ1n) is 11.8. The molecule has 1 saturated carbocycles. The fourth-order valence-corrected chi connectivity index (χ4v) is 4.60. The molecule has 0 bridgehead atoms. The van der Waals surface area contributed by atoms with Crippen molar-refractivity contribution >= 4 is 22.5 Å². The highest BCUT2D eigenvalue weighted by atomic mass is 19.1. The van der Waals surface area contributed by atoms with Crippen molar-refractivity contribution in [2.75, 3.05) is 37.6 Å². The minimum atomic E-state index is -0.522. The molecule has 2 fully saturated rings. The summed E-state index contributed by atoms with van der Waals surface area (Å²) in [6, 6.07) is 9.05. The van der Waals surface area contributed by atoms with E-state index in [0.29, 0.717) is 11.2 Å². The van der Waals surface area contributed by atoms with Crippen LogP contribution in [0.1, 0.15) is 41.7 Å². The number of aromatic nitrogens is 1. The molecule has 0 atom stereocenters. The lowest BCUT2D eigenvalue weighted by Gasteiger charge is -2.35. The van der Waals surface area contributed by atoms with Gasteiger partial charge in [-0.25, -0.2) is 8.78 Å². The third-order valence-electron chi connectivity index (χ3n) is 6.81. The van der Waals surface area contributed by atoms with Gasteiger partial charge in [0.15, 0.2) is 0 Å². The van der Waals surface area contributed by atoms with Gasteiger partial charge in [0.05, 0.1) is 11.2 Å². The molecule has 1 aliphatic carbocycles. The van der Waals surface area contributed by atoms with Gasteiger partial charge in [0, 0.05) is 50.3 Å². The number of benzene rings is 2. The SMILES string of the molecule is CCN1CCN(c2cc3c(cc2F)c(=O)c(C(=O)NCc2ccc(F)cc2)cn3C2CC2)CC1. The van der Waals surface area contributed by atoms with Crippen LogP contribution in [0.3, 0.4) is 0 Å². The van der Waals surface area contributed by atoms with Gasteiger partial charge in [-0.3, -0.25) is 9.59 Å². The smallest absolute Gasteiger partial charge is 0.257 e. The first-order chi connectivity index (χ1) is 16.4. The van der Waals surface area contributed by atoms with Crippen LogP contribution in [0.2, 0.25) is 0 Å². The molecular formula is C26H28F2N4O2. The standard InChI is InChI=1S/C26H28F2N4O2/c1-2-30-9-11-31(12-10-30)24-14-23-20(13-22(24)28)25(33)21(16-32(23)19-7-8-19)26(34)29-15-17-3-5-18(27)6-4-17/h3-6,13-14,16,19H,2,7-12,15H2,1H3,(H,29,34). The predicted molar refractivity (Wildman–Crippen MR) is 128 cm³/mol. The van der Waals surface area contributed by atoms with Gasteiger partial charge < -0.3 is 19.7 Å². The predicted octanol–water partition coefficient (Wildman–Crippen LogP) is 3.69. The van der Waals surface area contributed by atoms with Gasteiger partial charge in [-0.2, -0.15) is 0 Å². The molecule has 2 heterocycles. The van der Waals surface area contributed by atoms with E-state index in [1.165, 1.54) is 18.2 Å². The second kappa shape index (κ2) is 9.18. The summed E-state index contributed by atoms with van der Waals surface area (Å²) in [6.07, 6.45) is 3.52. The van der Waals surface area contributed by atoms with E-state index in [2.05, 4.69) is 17.1 Å². The molecule has 6 nitrogen and oxygen atoms in total. The number of hydrogen-bond acceptors (Lipinski definition) is 4. The summed E-state index contributed by atoms with van der Waals surface area (Å²) in [4.78, 5) is 30.5. The Hall–Kier alpha value is -3.26. The molecule has 1 aliphatic heterocycles. The van der Waals surface area contributed by atoms with E-state index in [1.54, 1.807) is 24.4 Å². The quantitative estimate of drug-likeness (QED) is 0.602. The van der Waals surface area contributed by atoms with E-state index in [0.717, 1.165) is 51.1 Å². The van der Waals surface area contributed by atoms with Crippen LogP contribution in [-0.4, -0.2) is 48.1 Å². The molecule has 0 radical (unpaired) electrons. The van der Waals surface area contributed by atoms with Crippen LogP contribution in [0.4, 0.5) is 14.5 Å². The number of pyridine rings is 1. The fraction of sp³-hybridized carbons (Fsp3) is 0.385. The molecule has 1 saturated heterocycles. The third kappa shape index (κ3) is 4.42. The molecule has 2 aromatic carbocycles. The molecular weight excluding hydrogens is 438 g/mol. The topological polar surface area (TPSA) is 57.6 Å². The highest BCUT2D eigenvalue weighted by molar-refractivity contribution is 5.98. The maximum Gasteiger partial charge on any atom is 0.257 e. The molecule has 1 amide bonds. The van der Waals surface area contributed by atoms with Crippen LogP contribution in [0, 0.1) is 11.6 Å². The van der Waals surface area contributed by atoms with Crippen molar-refractivity contribution in [1.29, 1.82) is 0 Å². The van der Waals surface area contributed by atoms with Gasteiger partial charge in [-0.15, -0.1) is 0 Å². The zero-order valence-corrected chi connectivity index (χ0v) is 19.2. The van der Waals surface area contributed by atoms with Crippen molar-refractivity contribution in [2.45, 2.75) is 32.4 Å². The average molecular weight is 467 g/mol. The summed E-state index contributed by atoms with van der Waals surface area (Å²) >= 11 is 0. The van der Waals surface area contributed by atoms with Crippen LogP contribution in [-0.2, 0) is 6.54 Å². The maximum absolute atomic E-state index is 15.2. The van der Waals surface area contributed by atoms with E-state index in [1.807, 2.05) is 9.47 Å². The number of rotatable bonds is 6. The minimum Gasteiger partial charge on any atom is -0.367 e. The average Bonchev–Trinajstić information content (AvgIpc) is 3.69. The number of carbonyl (C=O) groups is 1. The lowest BCUT2D eigenvalue weighted by molar-refractivity contribution is 0.0949. The van der Waals surface area contributed by atoms with E-state index >= 15 is 4.39 Å². The molecule has 0 unspecified atom stereocenters. The van der Waals surface area contributed by atoms with Gasteiger partial charge in [0.1, 0.15) is 17.2 Å². The van der Waals surface area contributed by atoms with Gasteiger partial charge in [0.25, 0.3) is 5.91 Å². The number of halogens is 2. The Morgan fingerprint density at radius 1 is 1.06 bits per heavy atom. The van der Waals surface area contributed by atoms with Crippen LogP contribution in [0.5, 0.6) is 0 Å². The summed E-state index contributed by atoms with van der Waals surface area (Å²) in [6.45, 7) is 6.46. The van der Waals surface area contributed by atoms with E-state index in [-0.39, 0.29) is 29.4 Å². The molecule has 178 valence electrons. The number of nitrogens with zero attached hydrogens (tertiary/aromatic N) is 3. The highest BCUT2D eigenvalue weighted by Crippen LogP contribution is 2.38. The number of nitrogens with one attached hydrogen (secondary N) is 1. The van der Waals surface area contributed by atoms with Gasteiger partial charge in [-0.1, -0.05) is 19.1 Å². The molecule has 2 aliphatic rings. The van der Waals surface area contributed by atoms with Crippen molar-refractivity contribution in [3.8, 4) is 0 Å². The summed E-state index contributed by atoms with van der Waals surface area (Å²) in [7, 11) is 0. The third-order valence-corrected chi connectivity index (χ3v) is 6.81. The highest BCUT2D eigenvalue weighted by Gasteiger charge is 2.28. The van der Waals surface area contributed by atoms with Crippen LogP contribution < -0.4 is 15.6 Å². The Labute approximate surface area is 196 Å². The van der Waals surface area contributed by atoms with Gasteiger partial charge >= 0.3 is 0 Å². The van der Waals surface area contributed by atoms with Crippen molar-refractivity contribution in [3.05, 3.63) is 75.6 Å². The molecule has 3 aromatic rings. The Morgan fingerprint density at radius 3 is 2.41 bits per heavy atom. The lowest BCUT2D eigenvalue weighted by atomic mass is 10.1. The number of piperazine rings is 1. The molecule has 1 aromatic heterocycles. The van der Waals surface area contributed by atoms with Crippen molar-refractivity contribution < 1.29 is 13.6 Å². The van der Waals surface area contributed by atoms with Crippen LogP contribution >= 0.6 is 0 Å². The van der Waals surface area contributed by atoms with Crippen LogP contribution in [0.25, 0.3) is 10.9 Å². The second-order valence-electron chi connectivity index (χ2n) is 9.06. The minimum absolute atomic E-state index is 0.00905. The summed E-state index contributed by atoms with van der Waals surface area (Å²) in [5.41, 5.74) is 1.40. The van der Waals surface area contributed by atoms with Gasteiger partial charge in [0.2, 0.25) is 5.43 Å². The zero-order chi connectivity index (χ0) is 23.8. The van der Waals surface area contributed by atoms with E-state index < -0.39 is 17.2 Å². The zero-order valence-electron chi connectivity index (χ0n) is 19.2. The van der Waals surface area contributed by atoms with Crippen molar-refractivity contribution in [1.82, 2.24) is 14.8 Å². The fourth-order valence-electron chi connectivity index (χ4n) is 4.60. The number of amides is 1. The molecule has 0 spiro atoms. The van der Waals surface area contributed by atoms with E-state index in [9.17, 15) is 14.0 Å². The second-order valence-corrected chi connectivity index (χ2v) is 9.06. The molecule has 1 N–H and O–H groups in total. The molecule has 5 rings (SSSR count). The van der Waals surface area contributed by atoms with Crippen molar-refractivity contribution in [2.24, 2.45) is 0 Å². The lowest BCUT2D eigenvalue weighted by Crippen LogP contribution is -2.46. The van der Waals surface area contributed by atoms with Gasteiger partial charge in [-0.05, 0) is 49.2 Å². The normalized spacial score (nSPS) is 16.7. The van der Waals surface area contributed by atoms with Crippen LogP contribution in [0.15, 0.2) is 47.4 Å². The number of carbonyl (C=O) groups excluding carboxylic acids is 1. The Balaban J connectivity index is 1.47. The Morgan fingerprint density at radius 2 is 1.76 bits per heavy atom. The summed E-state index contributed by atoms with van der Waals surface area (Å²) in [5.74, 6) is -1.32. The Kier molecular flexibility index (Phi) is 6.08. The number of likely N-dealkylation sites (N-methyl/N-ethyl adjacent to an activating group) is 1. The monoisotopic (exact) mass is 466 g/mol.